The number of rotatable bonds is 4. The van der Waals surface area contributed by atoms with Gasteiger partial charge in [0.05, 0.1) is 12.4 Å². The lowest BCUT2D eigenvalue weighted by molar-refractivity contribution is 0.0313. The van der Waals surface area contributed by atoms with Crippen molar-refractivity contribution in [2.45, 2.75) is 24.1 Å². The van der Waals surface area contributed by atoms with Crippen molar-refractivity contribution in [1.29, 1.82) is 0 Å². The fraction of sp³-hybridized carbons (Fsp3) is 0.250. The number of nitrogens with one attached hydrogen (secondary N) is 1. The molecule has 3 N–H and O–H groups in total. The Balaban J connectivity index is 1.49. The third-order valence-electron chi connectivity index (χ3n) is 5.12. The molecule has 1 saturated heterocycles. The second-order valence-electron chi connectivity index (χ2n) is 6.94. The summed E-state index contributed by atoms with van der Waals surface area (Å²) in [6.45, 7) is 0.552. The van der Waals surface area contributed by atoms with Crippen LogP contribution in [-0.2, 0) is 6.54 Å². The maximum Gasteiger partial charge on any atom is 0.226 e. The summed E-state index contributed by atoms with van der Waals surface area (Å²) in [6.07, 6.45) is -0.0560. The highest BCUT2D eigenvalue weighted by Gasteiger charge is 2.36. The van der Waals surface area contributed by atoms with Gasteiger partial charge in [-0.1, -0.05) is 42.5 Å². The molecule has 0 saturated carbocycles. The topological polar surface area (TPSA) is 96.1 Å². The molecule has 7 nitrogen and oxygen atoms in total. The van der Waals surface area contributed by atoms with Crippen LogP contribution in [0.5, 0.6) is 0 Å². The van der Waals surface area contributed by atoms with E-state index in [1.54, 1.807) is 10.9 Å². The Hall–Kier alpha value is -2.39. The molecule has 1 aliphatic rings. The summed E-state index contributed by atoms with van der Waals surface area (Å²) in [4.78, 5) is 13.1. The third kappa shape index (κ3) is 3.32. The monoisotopic (exact) mass is 427 g/mol. The minimum absolute atomic E-state index is 0.0951. The van der Waals surface area contributed by atoms with E-state index in [1.807, 2.05) is 18.2 Å². The van der Waals surface area contributed by atoms with Gasteiger partial charge in [-0.3, -0.25) is 4.57 Å². The zero-order valence-electron chi connectivity index (χ0n) is 15.2. The number of aromatic nitrogens is 4. The molecule has 2 unspecified atom stereocenters. The number of aliphatic hydroxyl groups is 2. The number of halogens is 1. The molecule has 0 amide bonds. The number of thioether (sulfide) groups is 1. The Morgan fingerprint density at radius 3 is 2.79 bits per heavy atom. The first kappa shape index (κ1) is 18.6. The van der Waals surface area contributed by atoms with Gasteiger partial charge in [0.1, 0.15) is 11.5 Å². The number of hydrogen-bond acceptors (Lipinski definition) is 7. The molecule has 1 fully saturated rings. The van der Waals surface area contributed by atoms with Gasteiger partial charge in [-0.05, 0) is 27.9 Å². The molecule has 0 aliphatic carbocycles. The van der Waals surface area contributed by atoms with E-state index in [4.69, 9.17) is 11.6 Å². The van der Waals surface area contributed by atoms with Crippen LogP contribution in [0.3, 0.4) is 0 Å². The van der Waals surface area contributed by atoms with Crippen LogP contribution in [0.1, 0.15) is 10.9 Å². The number of benzene rings is 2. The third-order valence-corrected chi connectivity index (χ3v) is 6.67. The molecule has 0 bridgehead atoms. The average molecular weight is 428 g/mol. The molecule has 9 heteroatoms. The normalized spacial score (nSPS) is 21.8. The number of imidazole rings is 1. The molecule has 4 aromatic rings. The number of anilines is 1. The molecule has 2 aromatic heterocycles. The van der Waals surface area contributed by atoms with Crippen LogP contribution in [0.4, 0.5) is 5.82 Å². The molecule has 3 heterocycles. The Kier molecular flexibility index (Phi) is 4.79. The van der Waals surface area contributed by atoms with Crippen molar-refractivity contribution in [3.63, 3.8) is 0 Å². The van der Waals surface area contributed by atoms with Crippen molar-refractivity contribution in [1.82, 2.24) is 19.5 Å². The van der Waals surface area contributed by atoms with E-state index in [1.165, 1.54) is 22.5 Å². The number of aliphatic hydroxyl groups excluding tert-OH is 2. The highest BCUT2D eigenvalue weighted by Crippen LogP contribution is 2.38. The van der Waals surface area contributed by atoms with E-state index < -0.39 is 12.2 Å². The molecule has 0 radical (unpaired) electrons. The first-order valence-corrected chi connectivity index (χ1v) is 10.6. The Bertz CT molecular complexity index is 1190. The minimum atomic E-state index is -0.891. The van der Waals surface area contributed by atoms with Crippen molar-refractivity contribution in [2.75, 3.05) is 11.1 Å². The fourth-order valence-corrected chi connectivity index (χ4v) is 5.10. The Morgan fingerprint density at radius 2 is 1.97 bits per heavy atom. The van der Waals surface area contributed by atoms with Gasteiger partial charge in [0.2, 0.25) is 5.28 Å². The second-order valence-corrected chi connectivity index (χ2v) is 8.43. The van der Waals surface area contributed by atoms with Gasteiger partial charge in [0.25, 0.3) is 0 Å². The quantitative estimate of drug-likeness (QED) is 0.430. The smallest absolute Gasteiger partial charge is 0.226 e. The van der Waals surface area contributed by atoms with Gasteiger partial charge >= 0.3 is 0 Å². The highest BCUT2D eigenvalue weighted by molar-refractivity contribution is 7.99. The largest absolute Gasteiger partial charge is 0.389 e. The number of fused-ring (bicyclic) bond motifs is 2. The summed E-state index contributed by atoms with van der Waals surface area (Å²) in [5, 5.41) is 25.5. The van der Waals surface area contributed by atoms with Crippen LogP contribution in [-0.4, -0.2) is 47.7 Å². The molecule has 3 atom stereocenters. The van der Waals surface area contributed by atoms with Crippen molar-refractivity contribution in [3.8, 4) is 0 Å². The summed E-state index contributed by atoms with van der Waals surface area (Å²) in [5.74, 6) is 0.987. The molecule has 148 valence electrons. The average Bonchev–Trinajstić information content (AvgIpc) is 3.29. The van der Waals surface area contributed by atoms with E-state index in [2.05, 4.69) is 44.5 Å². The van der Waals surface area contributed by atoms with Crippen LogP contribution in [0.25, 0.3) is 21.9 Å². The lowest BCUT2D eigenvalue weighted by atomic mass is 10.0. The van der Waals surface area contributed by atoms with Gasteiger partial charge in [0.15, 0.2) is 17.0 Å². The maximum atomic E-state index is 10.3. The van der Waals surface area contributed by atoms with E-state index in [9.17, 15) is 10.2 Å². The number of hydrogen-bond donors (Lipinski definition) is 3. The van der Waals surface area contributed by atoms with Gasteiger partial charge in [-0.25, -0.2) is 4.98 Å². The second kappa shape index (κ2) is 7.46. The zero-order chi connectivity index (χ0) is 20.0. The maximum absolute atomic E-state index is 10.3. The summed E-state index contributed by atoms with van der Waals surface area (Å²) >= 11 is 7.63. The van der Waals surface area contributed by atoms with Gasteiger partial charge in [-0.15, -0.1) is 11.8 Å². The van der Waals surface area contributed by atoms with Gasteiger partial charge < -0.3 is 15.5 Å². The summed E-state index contributed by atoms with van der Waals surface area (Å²) in [5.41, 5.74) is 2.23. The summed E-state index contributed by atoms with van der Waals surface area (Å²) in [7, 11) is 0. The van der Waals surface area contributed by atoms with Crippen molar-refractivity contribution < 1.29 is 10.2 Å². The van der Waals surface area contributed by atoms with Crippen molar-refractivity contribution in [3.05, 3.63) is 59.6 Å². The molecule has 29 heavy (non-hydrogen) atoms. The fourth-order valence-electron chi connectivity index (χ4n) is 3.65. The van der Waals surface area contributed by atoms with E-state index in [-0.39, 0.29) is 10.7 Å². The Labute approximate surface area is 175 Å². The van der Waals surface area contributed by atoms with Gasteiger partial charge in [0, 0.05) is 12.3 Å². The summed E-state index contributed by atoms with van der Waals surface area (Å²) in [6, 6.07) is 14.4. The molecule has 5 rings (SSSR count). The first-order chi connectivity index (χ1) is 14.1. The van der Waals surface area contributed by atoms with E-state index in [0.717, 1.165) is 5.56 Å². The SMILES string of the molecule is OC1CS[C@@H](n2cnc3c(NCc4cccc5ccccc45)nc(Cl)nc32)C1O. The molecular weight excluding hydrogens is 410 g/mol. The lowest BCUT2D eigenvalue weighted by Crippen LogP contribution is -2.27. The number of nitrogens with zero attached hydrogens (tertiary/aromatic N) is 4. The van der Waals surface area contributed by atoms with E-state index >= 15 is 0 Å². The van der Waals surface area contributed by atoms with Crippen molar-refractivity contribution in [2.24, 2.45) is 0 Å². The Morgan fingerprint density at radius 1 is 1.14 bits per heavy atom. The zero-order valence-corrected chi connectivity index (χ0v) is 16.8. The predicted octanol–water partition coefficient (Wildman–Crippen LogP) is 3.21. The van der Waals surface area contributed by atoms with Crippen LogP contribution in [0, 0.1) is 0 Å². The molecular formula is C20H18ClN5O2S. The van der Waals surface area contributed by atoms with Crippen LogP contribution in [0.15, 0.2) is 48.8 Å². The first-order valence-electron chi connectivity index (χ1n) is 9.20. The summed E-state index contributed by atoms with van der Waals surface area (Å²) < 4.78 is 1.75. The van der Waals surface area contributed by atoms with Gasteiger partial charge in [-0.2, -0.15) is 9.97 Å². The van der Waals surface area contributed by atoms with Crippen LogP contribution in [0.2, 0.25) is 5.28 Å². The lowest BCUT2D eigenvalue weighted by Gasteiger charge is -2.17. The molecule has 0 spiro atoms. The van der Waals surface area contributed by atoms with Crippen LogP contribution < -0.4 is 5.32 Å². The predicted molar refractivity (Wildman–Crippen MR) is 115 cm³/mol. The van der Waals surface area contributed by atoms with E-state index in [0.29, 0.717) is 29.3 Å². The molecule has 1 aliphatic heterocycles. The molecule has 2 aromatic carbocycles. The van der Waals surface area contributed by atoms with Crippen LogP contribution >= 0.6 is 23.4 Å². The highest BCUT2D eigenvalue weighted by atomic mass is 35.5. The standard InChI is InChI=1S/C20H18ClN5O2S/c21-20-24-17(22-8-12-6-3-5-11-4-1-2-7-13(11)12)15-18(25-20)26(10-23-15)19-16(28)14(27)9-29-19/h1-7,10,14,16,19,27-28H,8-9H2,(H,22,24,25)/t14?,16?,19-/m1/s1. The van der Waals surface area contributed by atoms with Crippen molar-refractivity contribution >= 4 is 51.1 Å². The minimum Gasteiger partial charge on any atom is -0.389 e.